The smallest absolute Gasteiger partial charge is 0.166 e. The Kier molecular flexibility index (Phi) is 4.13. The lowest BCUT2D eigenvalue weighted by molar-refractivity contribution is 0.0980. The zero-order chi connectivity index (χ0) is 21.0. The summed E-state index contributed by atoms with van der Waals surface area (Å²) in [5, 5.41) is 3.96. The number of H-pyrrole nitrogens is 2. The molecule has 2 aromatic heterocycles. The third-order valence-corrected chi connectivity index (χ3v) is 5.91. The maximum Gasteiger partial charge on any atom is 0.166 e. The first kappa shape index (κ1) is 18.4. The van der Waals surface area contributed by atoms with Gasteiger partial charge >= 0.3 is 0 Å². The van der Waals surface area contributed by atoms with Crippen LogP contribution in [0.25, 0.3) is 43.6 Å². The second kappa shape index (κ2) is 6.73. The van der Waals surface area contributed by atoms with Crippen LogP contribution < -0.4 is 4.74 Å². The number of nitrogens with one attached hydrogen (secondary N) is 2. The molecule has 0 aliphatic carbocycles. The number of fused-ring (bicyclic) bond motifs is 6. The predicted molar refractivity (Wildman–Crippen MR) is 121 cm³/mol. The van der Waals surface area contributed by atoms with Crippen molar-refractivity contribution in [1.82, 2.24) is 9.97 Å². The summed E-state index contributed by atoms with van der Waals surface area (Å²) < 4.78 is 5.80. The summed E-state index contributed by atoms with van der Waals surface area (Å²) >= 11 is 0. The molecular formula is C25H22N2O3. The van der Waals surface area contributed by atoms with Gasteiger partial charge < -0.3 is 14.7 Å². The van der Waals surface area contributed by atoms with Crippen molar-refractivity contribution in [3.63, 3.8) is 0 Å². The molecular weight excluding hydrogens is 376 g/mol. The highest BCUT2D eigenvalue weighted by Gasteiger charge is 2.18. The number of aromatic nitrogens is 2. The zero-order valence-electron chi connectivity index (χ0n) is 17.2. The van der Waals surface area contributed by atoms with Gasteiger partial charge in [0.15, 0.2) is 17.3 Å². The fraction of sp³-hybridized carbons (Fsp3) is 0.200. The molecule has 0 saturated heterocycles. The fourth-order valence-corrected chi connectivity index (χ4v) is 4.31. The largest absolute Gasteiger partial charge is 0.492 e. The molecule has 2 N–H and O–H groups in total. The predicted octanol–water partition coefficient (Wildman–Crippen LogP) is 6.15. The van der Waals surface area contributed by atoms with Crippen LogP contribution in [0.1, 0.15) is 47.4 Å². The van der Waals surface area contributed by atoms with Crippen LogP contribution in [-0.2, 0) is 0 Å². The Bertz CT molecular complexity index is 1380. The minimum atomic E-state index is 0.120. The summed E-state index contributed by atoms with van der Waals surface area (Å²) in [4.78, 5) is 31.4. The molecule has 150 valence electrons. The van der Waals surface area contributed by atoms with Gasteiger partial charge in [-0.2, -0.15) is 0 Å². The fourth-order valence-electron chi connectivity index (χ4n) is 4.31. The quantitative estimate of drug-likeness (QED) is 0.349. The van der Waals surface area contributed by atoms with E-state index in [1.165, 1.54) is 0 Å². The van der Waals surface area contributed by atoms with E-state index in [0.717, 1.165) is 49.4 Å². The minimum Gasteiger partial charge on any atom is -0.492 e. The number of Topliss-reactive ketones (excluding diaryl/α,β-unsaturated/α-hetero) is 2. The van der Waals surface area contributed by atoms with Crippen LogP contribution in [0.2, 0.25) is 0 Å². The van der Waals surface area contributed by atoms with E-state index in [1.807, 2.05) is 50.2 Å². The highest BCUT2D eigenvalue weighted by molar-refractivity contribution is 6.21. The Morgan fingerprint density at radius 1 is 0.733 bits per heavy atom. The number of methoxy groups -OCH3 is 1. The van der Waals surface area contributed by atoms with E-state index in [1.54, 1.807) is 7.11 Å². The van der Waals surface area contributed by atoms with E-state index in [-0.39, 0.29) is 11.6 Å². The highest BCUT2D eigenvalue weighted by atomic mass is 16.5. The van der Waals surface area contributed by atoms with Crippen molar-refractivity contribution in [2.75, 3.05) is 7.11 Å². The lowest BCUT2D eigenvalue weighted by Crippen LogP contribution is -1.95. The molecule has 3 aromatic carbocycles. The number of aromatic amines is 2. The molecule has 5 nitrogen and oxygen atoms in total. The lowest BCUT2D eigenvalue weighted by atomic mass is 10.0. The molecule has 30 heavy (non-hydrogen) atoms. The summed E-state index contributed by atoms with van der Waals surface area (Å²) in [7, 11) is 1.66. The average molecular weight is 398 g/mol. The molecule has 0 spiro atoms. The summed E-state index contributed by atoms with van der Waals surface area (Å²) in [6, 6.07) is 13.6. The topological polar surface area (TPSA) is 75.0 Å². The second-order valence-corrected chi connectivity index (χ2v) is 7.58. The molecule has 0 unspecified atom stereocenters. The average Bonchev–Trinajstić information content (AvgIpc) is 3.33. The van der Waals surface area contributed by atoms with E-state index < -0.39 is 0 Å². The van der Waals surface area contributed by atoms with Crippen LogP contribution in [0, 0.1) is 0 Å². The van der Waals surface area contributed by atoms with Crippen molar-refractivity contribution >= 4 is 55.2 Å². The van der Waals surface area contributed by atoms with Gasteiger partial charge in [0, 0.05) is 56.5 Å². The number of ether oxygens (including phenoxy) is 1. The van der Waals surface area contributed by atoms with Crippen molar-refractivity contribution in [3.05, 3.63) is 53.6 Å². The van der Waals surface area contributed by atoms with Crippen molar-refractivity contribution in [1.29, 1.82) is 0 Å². The van der Waals surface area contributed by atoms with E-state index in [4.69, 9.17) is 4.74 Å². The Morgan fingerprint density at radius 3 is 1.60 bits per heavy atom. The van der Waals surface area contributed by atoms with Crippen LogP contribution in [0.4, 0.5) is 0 Å². The van der Waals surface area contributed by atoms with Crippen LogP contribution in [0.15, 0.2) is 42.5 Å². The SMILES string of the molecule is CCC(=O)c1ccc2[nH]c3c(OC)c4[nH]c5ccc(C(=O)CC)cc5c4cc3c2c1. The van der Waals surface area contributed by atoms with Crippen LogP contribution >= 0.6 is 0 Å². The molecule has 5 aromatic rings. The molecule has 5 rings (SSSR count). The number of carbonyl (C=O) groups is 2. The maximum absolute atomic E-state index is 12.2. The number of hydrogen-bond acceptors (Lipinski definition) is 3. The molecule has 0 aliphatic heterocycles. The van der Waals surface area contributed by atoms with Gasteiger partial charge in [-0.1, -0.05) is 13.8 Å². The van der Waals surface area contributed by atoms with Gasteiger partial charge in [-0.15, -0.1) is 0 Å². The lowest BCUT2D eigenvalue weighted by Gasteiger charge is -2.04. The van der Waals surface area contributed by atoms with Gasteiger partial charge in [-0.25, -0.2) is 0 Å². The molecule has 0 radical (unpaired) electrons. The monoisotopic (exact) mass is 398 g/mol. The molecule has 0 aliphatic rings. The number of hydrogen-bond donors (Lipinski definition) is 2. The van der Waals surface area contributed by atoms with Crippen LogP contribution in [-0.4, -0.2) is 28.6 Å². The van der Waals surface area contributed by atoms with Crippen molar-refractivity contribution in [3.8, 4) is 5.75 Å². The third kappa shape index (κ3) is 2.55. The maximum atomic E-state index is 12.2. The molecule has 0 bridgehead atoms. The highest BCUT2D eigenvalue weighted by Crippen LogP contribution is 2.41. The normalized spacial score (nSPS) is 11.7. The van der Waals surface area contributed by atoms with Crippen molar-refractivity contribution in [2.45, 2.75) is 26.7 Å². The van der Waals surface area contributed by atoms with Gasteiger partial charge in [0.1, 0.15) is 0 Å². The summed E-state index contributed by atoms with van der Waals surface area (Å²) in [6.45, 7) is 3.74. The molecule has 5 heteroatoms. The van der Waals surface area contributed by atoms with E-state index in [9.17, 15) is 9.59 Å². The van der Waals surface area contributed by atoms with E-state index >= 15 is 0 Å². The molecule has 2 heterocycles. The molecule has 0 fully saturated rings. The summed E-state index contributed by atoms with van der Waals surface area (Å²) in [6.07, 6.45) is 0.941. The van der Waals surface area contributed by atoms with Crippen LogP contribution in [0.5, 0.6) is 5.75 Å². The van der Waals surface area contributed by atoms with Gasteiger partial charge in [0.25, 0.3) is 0 Å². The summed E-state index contributed by atoms with van der Waals surface area (Å²) in [5.74, 6) is 0.963. The van der Waals surface area contributed by atoms with E-state index in [2.05, 4.69) is 16.0 Å². The zero-order valence-corrected chi connectivity index (χ0v) is 17.2. The standard InChI is InChI=1S/C25H22N2O3/c1-4-21(28)13-6-8-19-15(10-13)17-12-18-16-11-14(22(29)5-2)7-9-20(16)27-24(18)25(30-3)23(17)26-19/h6-12,26-27H,4-5H2,1-3H3. The first-order valence-electron chi connectivity index (χ1n) is 10.2. The molecule has 0 amide bonds. The van der Waals surface area contributed by atoms with Gasteiger partial charge in [0.2, 0.25) is 0 Å². The van der Waals surface area contributed by atoms with Gasteiger partial charge in [-0.05, 0) is 42.5 Å². The molecule has 0 atom stereocenters. The van der Waals surface area contributed by atoms with Gasteiger partial charge in [0.05, 0.1) is 18.1 Å². The first-order chi connectivity index (χ1) is 14.5. The Labute approximate surface area is 173 Å². The number of benzene rings is 3. The summed E-state index contributed by atoms with van der Waals surface area (Å²) in [5.41, 5.74) is 5.10. The Balaban J connectivity index is 1.89. The second-order valence-electron chi connectivity index (χ2n) is 7.58. The molecule has 0 saturated carbocycles. The number of carbonyl (C=O) groups excluding carboxylic acids is 2. The van der Waals surface area contributed by atoms with E-state index in [0.29, 0.717) is 24.0 Å². The minimum absolute atomic E-state index is 0.120. The van der Waals surface area contributed by atoms with Gasteiger partial charge in [-0.3, -0.25) is 9.59 Å². The van der Waals surface area contributed by atoms with Crippen molar-refractivity contribution < 1.29 is 14.3 Å². The Morgan fingerprint density at radius 2 is 1.20 bits per heavy atom. The third-order valence-electron chi connectivity index (χ3n) is 5.91. The number of rotatable bonds is 5. The number of ketones is 2. The van der Waals surface area contributed by atoms with Crippen molar-refractivity contribution in [2.24, 2.45) is 0 Å². The van der Waals surface area contributed by atoms with Crippen LogP contribution in [0.3, 0.4) is 0 Å². The Hall–Kier alpha value is -3.60. The first-order valence-corrected chi connectivity index (χ1v) is 10.2.